The van der Waals surface area contributed by atoms with Gasteiger partial charge >= 0.3 is 0 Å². The molecule has 118 valence electrons. The molecule has 1 aromatic carbocycles. The zero-order valence-corrected chi connectivity index (χ0v) is 13.0. The number of benzene rings is 1. The number of rotatable bonds is 4. The maximum absolute atomic E-state index is 12.6. The molecule has 0 amide bonds. The Labute approximate surface area is 139 Å². The molecule has 1 aliphatic carbocycles. The minimum atomic E-state index is -1.90. The molecule has 0 saturated heterocycles. The number of hydrogen-bond donors (Lipinski definition) is 1. The lowest BCUT2D eigenvalue weighted by Gasteiger charge is -2.33. The quantitative estimate of drug-likeness (QED) is 0.665. The lowest BCUT2D eigenvalue weighted by atomic mass is 9.60. The average Bonchev–Trinajstić information content (AvgIpc) is 2.79. The first-order chi connectivity index (χ1) is 11.4. The first kappa shape index (κ1) is 16.9. The van der Waals surface area contributed by atoms with Crippen molar-refractivity contribution in [3.8, 4) is 18.2 Å². The highest BCUT2D eigenvalue weighted by atomic mass is 16.1. The number of nitrogens with zero attached hydrogens (tertiary/aromatic N) is 3. The molecule has 0 heterocycles. The Bertz CT molecular complexity index is 838. The lowest BCUT2D eigenvalue weighted by molar-refractivity contribution is -0.105. The molecular formula is C18H14N4O2. The summed E-state index contributed by atoms with van der Waals surface area (Å²) in [6.07, 6.45) is 0.0116. The third-order valence-corrected chi connectivity index (χ3v) is 4.75. The number of allylic oxidation sites excluding steroid dienone is 2. The van der Waals surface area contributed by atoms with Gasteiger partial charge in [-0.3, -0.25) is 9.59 Å². The molecule has 2 unspecified atom stereocenters. The zero-order valence-electron chi connectivity index (χ0n) is 13.0. The molecule has 2 rings (SSSR count). The molecule has 0 fully saturated rings. The van der Waals surface area contributed by atoms with Gasteiger partial charge in [0.05, 0.1) is 18.2 Å². The van der Waals surface area contributed by atoms with E-state index in [2.05, 4.69) is 0 Å². The first-order valence-corrected chi connectivity index (χ1v) is 7.21. The van der Waals surface area contributed by atoms with E-state index in [1.165, 1.54) is 6.92 Å². The second kappa shape index (κ2) is 5.99. The minimum absolute atomic E-state index is 0.0283. The van der Waals surface area contributed by atoms with Crippen molar-refractivity contribution in [3.05, 3.63) is 47.2 Å². The second-order valence-corrected chi connectivity index (χ2v) is 5.72. The van der Waals surface area contributed by atoms with Crippen LogP contribution in [0, 0.1) is 50.7 Å². The van der Waals surface area contributed by atoms with Crippen LogP contribution >= 0.6 is 0 Å². The number of hydrogen-bond acceptors (Lipinski definition) is 6. The minimum Gasteiger partial charge on any atom is -0.400 e. The van der Waals surface area contributed by atoms with Crippen LogP contribution in [-0.4, -0.2) is 12.1 Å². The molecule has 2 atom stereocenters. The summed E-state index contributed by atoms with van der Waals surface area (Å²) in [5, 5.41) is 29.0. The fraction of sp³-hybridized carbons (Fsp3) is 0.278. The molecule has 1 aromatic rings. The Morgan fingerprint density at radius 3 is 2.25 bits per heavy atom. The number of nitrogens with two attached hydrogens (primary N) is 1. The molecule has 0 saturated carbocycles. The Balaban J connectivity index is 2.65. The Morgan fingerprint density at radius 1 is 1.21 bits per heavy atom. The predicted molar refractivity (Wildman–Crippen MR) is 83.5 cm³/mol. The van der Waals surface area contributed by atoms with Crippen molar-refractivity contribution in [3.63, 3.8) is 0 Å². The fourth-order valence-corrected chi connectivity index (χ4v) is 3.26. The summed E-state index contributed by atoms with van der Waals surface area (Å²) in [4.78, 5) is 24.0. The van der Waals surface area contributed by atoms with Crippen molar-refractivity contribution in [2.45, 2.75) is 13.3 Å². The standard InChI is InChI=1S/C18H14N4O2/c1-12-14(8-23)16(22)17(9-19,18(12,10-20)11-21)7-15(24)13-5-3-2-4-6-13/h2-6,8,12H,7,22H2,1H3. The molecule has 0 aliphatic heterocycles. The van der Waals surface area contributed by atoms with Crippen LogP contribution < -0.4 is 5.73 Å². The zero-order chi connectivity index (χ0) is 18.0. The molecule has 24 heavy (non-hydrogen) atoms. The van der Waals surface area contributed by atoms with Gasteiger partial charge in [0.1, 0.15) is 11.7 Å². The highest BCUT2D eigenvalue weighted by Crippen LogP contribution is 2.58. The van der Waals surface area contributed by atoms with Crippen molar-refractivity contribution >= 4 is 12.1 Å². The van der Waals surface area contributed by atoms with Crippen molar-refractivity contribution < 1.29 is 9.59 Å². The van der Waals surface area contributed by atoms with Gasteiger partial charge in [-0.2, -0.15) is 15.8 Å². The molecule has 0 aromatic heterocycles. The van der Waals surface area contributed by atoms with Crippen LogP contribution in [0.1, 0.15) is 23.7 Å². The van der Waals surface area contributed by atoms with Gasteiger partial charge in [0, 0.05) is 29.2 Å². The van der Waals surface area contributed by atoms with Crippen molar-refractivity contribution in [2.24, 2.45) is 22.5 Å². The number of aldehydes is 1. The van der Waals surface area contributed by atoms with Gasteiger partial charge in [0.2, 0.25) is 0 Å². The van der Waals surface area contributed by atoms with E-state index in [4.69, 9.17) is 5.73 Å². The Kier molecular flexibility index (Phi) is 4.22. The van der Waals surface area contributed by atoms with Crippen molar-refractivity contribution in [1.29, 1.82) is 15.8 Å². The highest BCUT2D eigenvalue weighted by Gasteiger charge is 2.65. The van der Waals surface area contributed by atoms with E-state index in [9.17, 15) is 25.4 Å². The molecule has 2 N–H and O–H groups in total. The Morgan fingerprint density at radius 2 is 1.79 bits per heavy atom. The van der Waals surface area contributed by atoms with Gasteiger partial charge in [-0.1, -0.05) is 37.3 Å². The fourth-order valence-electron chi connectivity index (χ4n) is 3.26. The lowest BCUT2D eigenvalue weighted by Crippen LogP contribution is -2.43. The predicted octanol–water partition coefficient (Wildman–Crippen LogP) is 1.86. The van der Waals surface area contributed by atoms with Gasteiger partial charge < -0.3 is 5.73 Å². The van der Waals surface area contributed by atoms with Crippen LogP contribution in [0.15, 0.2) is 41.6 Å². The van der Waals surface area contributed by atoms with E-state index in [1.807, 2.05) is 18.2 Å². The van der Waals surface area contributed by atoms with Crippen LogP contribution in [0.5, 0.6) is 0 Å². The maximum Gasteiger partial charge on any atom is 0.174 e. The van der Waals surface area contributed by atoms with E-state index < -0.39 is 29.0 Å². The third kappa shape index (κ3) is 2.00. The van der Waals surface area contributed by atoms with Gasteiger partial charge in [-0.05, 0) is 0 Å². The van der Waals surface area contributed by atoms with Crippen LogP contribution in [-0.2, 0) is 4.79 Å². The van der Waals surface area contributed by atoms with E-state index >= 15 is 0 Å². The van der Waals surface area contributed by atoms with Crippen molar-refractivity contribution in [1.82, 2.24) is 0 Å². The molecule has 0 spiro atoms. The van der Waals surface area contributed by atoms with Gasteiger partial charge in [0.15, 0.2) is 11.2 Å². The normalized spacial score (nSPS) is 24.5. The Hall–Kier alpha value is -3.43. The maximum atomic E-state index is 12.6. The highest BCUT2D eigenvalue weighted by molar-refractivity contribution is 5.97. The van der Waals surface area contributed by atoms with Crippen LogP contribution in [0.25, 0.3) is 0 Å². The summed E-state index contributed by atoms with van der Waals surface area (Å²) in [7, 11) is 0. The summed E-state index contributed by atoms with van der Waals surface area (Å²) in [5.41, 5.74) is 2.44. The van der Waals surface area contributed by atoms with Gasteiger partial charge in [-0.25, -0.2) is 0 Å². The van der Waals surface area contributed by atoms with Crippen LogP contribution in [0.2, 0.25) is 0 Å². The largest absolute Gasteiger partial charge is 0.400 e. The van der Waals surface area contributed by atoms with Crippen LogP contribution in [0.4, 0.5) is 0 Å². The molecule has 0 bridgehead atoms. The van der Waals surface area contributed by atoms with Crippen molar-refractivity contribution in [2.75, 3.05) is 0 Å². The summed E-state index contributed by atoms with van der Waals surface area (Å²) < 4.78 is 0. The summed E-state index contributed by atoms with van der Waals surface area (Å²) in [6.45, 7) is 1.50. The molecule has 1 aliphatic rings. The monoisotopic (exact) mass is 318 g/mol. The SMILES string of the molecule is CC1C(C=O)=C(N)C(C#N)(CC(=O)c2ccccc2)C1(C#N)C#N. The smallest absolute Gasteiger partial charge is 0.174 e. The number of carbonyl (C=O) groups excluding carboxylic acids is 2. The molecule has 6 heteroatoms. The summed E-state index contributed by atoms with van der Waals surface area (Å²) in [6, 6.07) is 13.8. The van der Waals surface area contributed by atoms with E-state index in [0.717, 1.165) is 0 Å². The van der Waals surface area contributed by atoms with E-state index in [-0.39, 0.29) is 11.3 Å². The number of carbonyl (C=O) groups is 2. The summed E-state index contributed by atoms with van der Waals surface area (Å²) in [5.74, 6) is -1.29. The third-order valence-electron chi connectivity index (χ3n) is 4.75. The van der Waals surface area contributed by atoms with E-state index in [1.54, 1.807) is 30.3 Å². The molecule has 6 nitrogen and oxygen atoms in total. The van der Waals surface area contributed by atoms with Crippen LogP contribution in [0.3, 0.4) is 0 Å². The number of ketones is 1. The first-order valence-electron chi connectivity index (χ1n) is 7.21. The van der Waals surface area contributed by atoms with Gasteiger partial charge in [-0.15, -0.1) is 0 Å². The summed E-state index contributed by atoms with van der Waals surface area (Å²) >= 11 is 0. The molecular weight excluding hydrogens is 304 g/mol. The molecule has 0 radical (unpaired) electrons. The topological polar surface area (TPSA) is 132 Å². The number of nitriles is 3. The second-order valence-electron chi connectivity index (χ2n) is 5.72. The van der Waals surface area contributed by atoms with Gasteiger partial charge in [0.25, 0.3) is 0 Å². The number of Topliss-reactive ketones (excluding diaryl/α,β-unsaturated/α-hetero) is 1. The van der Waals surface area contributed by atoms with E-state index in [0.29, 0.717) is 11.8 Å². The average molecular weight is 318 g/mol.